The van der Waals surface area contributed by atoms with Crippen LogP contribution in [0.5, 0.6) is 11.5 Å². The summed E-state index contributed by atoms with van der Waals surface area (Å²) in [5.74, 6) is 0.986. The monoisotopic (exact) mass is 402 g/mol. The molecule has 2 heterocycles. The molecule has 1 aliphatic rings. The van der Waals surface area contributed by atoms with Gasteiger partial charge in [0, 0.05) is 12.3 Å². The van der Waals surface area contributed by atoms with Crippen LogP contribution in [0, 0.1) is 0 Å². The first-order chi connectivity index (χ1) is 12.9. The van der Waals surface area contributed by atoms with Crippen molar-refractivity contribution < 1.29 is 22.7 Å². The summed E-state index contributed by atoms with van der Waals surface area (Å²) in [7, 11) is -3.29. The van der Waals surface area contributed by atoms with Gasteiger partial charge in [-0.2, -0.15) is 0 Å². The first-order valence-corrected chi connectivity index (χ1v) is 10.6. The van der Waals surface area contributed by atoms with Gasteiger partial charge in [0.1, 0.15) is 0 Å². The van der Waals surface area contributed by atoms with Crippen molar-refractivity contribution in [3.8, 4) is 11.5 Å². The van der Waals surface area contributed by atoms with Crippen molar-refractivity contribution in [2.45, 2.75) is 4.90 Å². The molecule has 1 N–H and O–H groups in total. The third-order valence-corrected chi connectivity index (χ3v) is 5.89. The summed E-state index contributed by atoms with van der Waals surface area (Å²) in [6, 6.07) is 10.1. The highest BCUT2D eigenvalue weighted by Crippen LogP contribution is 2.33. The van der Waals surface area contributed by atoms with Crippen LogP contribution in [-0.4, -0.2) is 32.4 Å². The molecule has 0 spiro atoms. The number of hydrogen-bond acceptors (Lipinski definition) is 7. The summed E-state index contributed by atoms with van der Waals surface area (Å²) in [6.45, 7) is 0.196. The van der Waals surface area contributed by atoms with Crippen LogP contribution in [0.3, 0.4) is 0 Å². The Morgan fingerprint density at radius 3 is 2.81 bits per heavy atom. The highest BCUT2D eigenvalue weighted by Gasteiger charge is 2.13. The number of benzene rings is 2. The van der Waals surface area contributed by atoms with Gasteiger partial charge in [-0.25, -0.2) is 13.4 Å². The maximum absolute atomic E-state index is 12.1. The smallest absolute Gasteiger partial charge is 0.250 e. The van der Waals surface area contributed by atoms with Crippen LogP contribution in [0.25, 0.3) is 16.3 Å². The zero-order valence-electron chi connectivity index (χ0n) is 14.1. The molecule has 0 atom stereocenters. The normalized spacial score (nSPS) is 13.4. The van der Waals surface area contributed by atoms with Gasteiger partial charge in [-0.1, -0.05) is 17.4 Å². The van der Waals surface area contributed by atoms with Crippen LogP contribution < -0.4 is 14.8 Å². The Morgan fingerprint density at radius 2 is 2.00 bits per heavy atom. The lowest BCUT2D eigenvalue weighted by Gasteiger charge is -1.98. The quantitative estimate of drug-likeness (QED) is 0.674. The molecule has 1 aliphatic heterocycles. The number of fused-ring (bicyclic) bond motifs is 2. The van der Waals surface area contributed by atoms with Crippen molar-refractivity contribution in [1.29, 1.82) is 0 Å². The zero-order valence-corrected chi connectivity index (χ0v) is 15.8. The number of anilines is 1. The van der Waals surface area contributed by atoms with Crippen molar-refractivity contribution in [1.82, 2.24) is 4.98 Å². The molecule has 4 rings (SSSR count). The largest absolute Gasteiger partial charge is 0.454 e. The lowest BCUT2D eigenvalue weighted by atomic mass is 10.2. The Hall–Kier alpha value is -2.91. The summed E-state index contributed by atoms with van der Waals surface area (Å²) in [4.78, 5) is 16.7. The van der Waals surface area contributed by atoms with Crippen LogP contribution in [-0.2, 0) is 14.6 Å². The molecule has 0 saturated carbocycles. The summed E-state index contributed by atoms with van der Waals surface area (Å²) >= 11 is 1.22. The molecule has 138 valence electrons. The standard InChI is InChI=1S/C18H14N2O5S2/c1-27(22,23)12-4-5-13-16(9-12)26-18(19-13)20-17(21)7-3-11-2-6-14-15(8-11)25-10-24-14/h2-9H,10H2,1H3,(H,19,20,21)/b7-3+. The SMILES string of the molecule is CS(=O)(=O)c1ccc2nc(NC(=O)/C=C/c3ccc4c(c3)OCO4)sc2c1. The predicted molar refractivity (Wildman–Crippen MR) is 103 cm³/mol. The molecule has 2 aromatic carbocycles. The van der Waals surface area contributed by atoms with Gasteiger partial charge in [-0.15, -0.1) is 0 Å². The summed E-state index contributed by atoms with van der Waals surface area (Å²) in [5.41, 5.74) is 1.43. The molecule has 0 aliphatic carbocycles. The van der Waals surface area contributed by atoms with Crippen molar-refractivity contribution in [2.75, 3.05) is 18.4 Å². The second-order valence-electron chi connectivity index (χ2n) is 5.86. The van der Waals surface area contributed by atoms with E-state index in [-0.39, 0.29) is 17.6 Å². The Bertz CT molecular complexity index is 1180. The van der Waals surface area contributed by atoms with E-state index < -0.39 is 9.84 Å². The number of ether oxygens (including phenoxy) is 2. The van der Waals surface area contributed by atoms with Gasteiger partial charge < -0.3 is 9.47 Å². The molecule has 0 fully saturated rings. The fraction of sp³-hybridized carbons (Fsp3) is 0.111. The van der Waals surface area contributed by atoms with Crippen LogP contribution in [0.2, 0.25) is 0 Å². The summed E-state index contributed by atoms with van der Waals surface area (Å²) in [6.07, 6.45) is 4.21. The van der Waals surface area contributed by atoms with Crippen LogP contribution in [0.15, 0.2) is 47.4 Å². The number of carbonyl (C=O) groups excluding carboxylic acids is 1. The molecule has 27 heavy (non-hydrogen) atoms. The van der Waals surface area contributed by atoms with E-state index in [1.807, 2.05) is 6.07 Å². The zero-order chi connectivity index (χ0) is 19.0. The van der Waals surface area contributed by atoms with Crippen LogP contribution in [0.1, 0.15) is 5.56 Å². The molecule has 0 radical (unpaired) electrons. The molecule has 0 unspecified atom stereocenters. The Labute approximate surface area is 159 Å². The third kappa shape index (κ3) is 3.79. The lowest BCUT2D eigenvalue weighted by molar-refractivity contribution is -0.111. The van der Waals surface area contributed by atoms with Crippen molar-refractivity contribution in [3.63, 3.8) is 0 Å². The van der Waals surface area contributed by atoms with E-state index in [1.165, 1.54) is 23.5 Å². The van der Waals surface area contributed by atoms with E-state index in [9.17, 15) is 13.2 Å². The summed E-state index contributed by atoms with van der Waals surface area (Å²) < 4.78 is 34.5. The number of nitrogens with one attached hydrogen (secondary N) is 1. The fourth-order valence-corrected chi connectivity index (χ4v) is 4.15. The minimum Gasteiger partial charge on any atom is -0.454 e. The van der Waals surface area contributed by atoms with E-state index in [1.54, 1.807) is 30.3 Å². The van der Waals surface area contributed by atoms with Crippen molar-refractivity contribution in [3.05, 3.63) is 48.0 Å². The van der Waals surface area contributed by atoms with E-state index in [0.717, 1.165) is 11.8 Å². The Morgan fingerprint density at radius 1 is 1.19 bits per heavy atom. The second-order valence-corrected chi connectivity index (χ2v) is 8.90. The Balaban J connectivity index is 1.49. The highest BCUT2D eigenvalue weighted by molar-refractivity contribution is 7.90. The van der Waals surface area contributed by atoms with Gasteiger partial charge in [-0.05, 0) is 42.0 Å². The number of aromatic nitrogens is 1. The van der Waals surface area contributed by atoms with Crippen molar-refractivity contribution in [2.24, 2.45) is 0 Å². The number of sulfone groups is 1. The van der Waals surface area contributed by atoms with Crippen LogP contribution >= 0.6 is 11.3 Å². The number of hydrogen-bond donors (Lipinski definition) is 1. The van der Waals surface area contributed by atoms with Gasteiger partial charge >= 0.3 is 0 Å². The van der Waals surface area contributed by atoms with Gasteiger partial charge in [0.25, 0.3) is 0 Å². The molecule has 9 heteroatoms. The van der Waals surface area contributed by atoms with Gasteiger partial charge in [0.2, 0.25) is 12.7 Å². The lowest BCUT2D eigenvalue weighted by Crippen LogP contribution is -2.07. The number of amides is 1. The maximum Gasteiger partial charge on any atom is 0.250 e. The third-order valence-electron chi connectivity index (χ3n) is 3.84. The maximum atomic E-state index is 12.1. The molecular formula is C18H14N2O5S2. The average Bonchev–Trinajstić information content (AvgIpc) is 3.23. The number of nitrogens with zero attached hydrogens (tertiary/aromatic N) is 1. The summed E-state index contributed by atoms with van der Waals surface area (Å²) in [5, 5.41) is 3.09. The predicted octanol–water partition coefficient (Wildman–Crippen LogP) is 3.08. The van der Waals surface area contributed by atoms with E-state index in [2.05, 4.69) is 10.3 Å². The first kappa shape index (κ1) is 17.5. The minimum absolute atomic E-state index is 0.196. The van der Waals surface area contributed by atoms with Crippen molar-refractivity contribution >= 4 is 48.5 Å². The number of carbonyl (C=O) groups is 1. The number of rotatable bonds is 4. The fourth-order valence-electron chi connectivity index (χ4n) is 2.52. The molecule has 3 aromatic rings. The van der Waals surface area contributed by atoms with Gasteiger partial charge in [0.15, 0.2) is 26.5 Å². The second kappa shape index (κ2) is 6.67. The van der Waals surface area contributed by atoms with Crippen LogP contribution in [0.4, 0.5) is 5.13 Å². The van der Waals surface area contributed by atoms with Gasteiger partial charge in [0.05, 0.1) is 15.1 Å². The van der Waals surface area contributed by atoms with E-state index >= 15 is 0 Å². The Kier molecular flexibility index (Phi) is 4.33. The molecule has 1 amide bonds. The molecule has 0 bridgehead atoms. The molecule has 0 saturated heterocycles. The number of thiazole rings is 1. The average molecular weight is 402 g/mol. The van der Waals surface area contributed by atoms with E-state index in [4.69, 9.17) is 9.47 Å². The first-order valence-electron chi connectivity index (χ1n) is 7.88. The molecule has 1 aromatic heterocycles. The molecular weight excluding hydrogens is 388 g/mol. The highest BCUT2D eigenvalue weighted by atomic mass is 32.2. The molecule has 7 nitrogen and oxygen atoms in total. The minimum atomic E-state index is -3.29. The van der Waals surface area contributed by atoms with E-state index in [0.29, 0.717) is 26.8 Å². The topological polar surface area (TPSA) is 94.6 Å². The van der Waals surface area contributed by atoms with Gasteiger partial charge in [-0.3, -0.25) is 10.1 Å².